The Morgan fingerprint density at radius 3 is 2.10 bits per heavy atom. The maximum Gasteiger partial charge on any atom is 0.222 e. The number of nitrogens with one attached hydrogen (secondary N) is 1. The standard InChI is InChI=1S/C30H56N2O5S2/c1-23(2)28(33)14-9-10-15-29(34)31-17-11-13-19-39-38-18-12-7-8-16-30(35)32-21-27(37-25(5)6)20-26(32)22-36-24(3)4/h23-27H,7-22H2,1-6H3,(H,31,34)/t26-,27+/m0/s1. The van der Waals surface area contributed by atoms with E-state index in [2.05, 4.69) is 5.32 Å². The number of hydrogen-bond donors (Lipinski definition) is 1. The van der Waals surface area contributed by atoms with Gasteiger partial charge >= 0.3 is 0 Å². The van der Waals surface area contributed by atoms with Gasteiger partial charge in [0, 0.05) is 49.8 Å². The van der Waals surface area contributed by atoms with Gasteiger partial charge in [0.2, 0.25) is 11.8 Å². The van der Waals surface area contributed by atoms with Gasteiger partial charge in [-0.3, -0.25) is 14.4 Å². The van der Waals surface area contributed by atoms with E-state index in [0.717, 1.165) is 69.4 Å². The fraction of sp³-hybridized carbons (Fsp3) is 0.900. The number of nitrogens with zero attached hydrogens (tertiary/aromatic N) is 1. The molecule has 0 spiro atoms. The van der Waals surface area contributed by atoms with Crippen molar-refractivity contribution in [2.45, 2.75) is 137 Å². The van der Waals surface area contributed by atoms with E-state index in [-0.39, 0.29) is 47.9 Å². The number of carbonyl (C=O) groups is 3. The lowest BCUT2D eigenvalue weighted by atomic mass is 10.0. The average molecular weight is 589 g/mol. The zero-order valence-corrected chi connectivity index (χ0v) is 27.1. The Labute approximate surface area is 246 Å². The summed E-state index contributed by atoms with van der Waals surface area (Å²) in [6, 6.07) is 0.121. The van der Waals surface area contributed by atoms with Crippen LogP contribution < -0.4 is 5.32 Å². The van der Waals surface area contributed by atoms with Gasteiger partial charge in [0.15, 0.2) is 0 Å². The minimum atomic E-state index is 0.0909. The minimum absolute atomic E-state index is 0.0909. The third-order valence-corrected chi connectivity index (χ3v) is 9.26. The van der Waals surface area contributed by atoms with Crippen LogP contribution in [0.25, 0.3) is 0 Å². The molecule has 1 rings (SSSR count). The van der Waals surface area contributed by atoms with Crippen LogP contribution in [0.2, 0.25) is 0 Å². The van der Waals surface area contributed by atoms with E-state index in [9.17, 15) is 14.4 Å². The van der Waals surface area contributed by atoms with Gasteiger partial charge in [0.1, 0.15) is 5.78 Å². The third kappa shape index (κ3) is 18.3. The molecule has 9 heteroatoms. The van der Waals surface area contributed by atoms with Crippen molar-refractivity contribution in [2.75, 3.05) is 31.2 Å². The second-order valence-corrected chi connectivity index (χ2v) is 14.2. The monoisotopic (exact) mass is 588 g/mol. The molecular weight excluding hydrogens is 532 g/mol. The molecule has 0 aromatic rings. The molecule has 1 saturated heterocycles. The molecular formula is C30H56N2O5S2. The van der Waals surface area contributed by atoms with E-state index in [1.807, 2.05) is 68.0 Å². The summed E-state index contributed by atoms with van der Waals surface area (Å²) in [5, 5.41) is 2.99. The van der Waals surface area contributed by atoms with Crippen molar-refractivity contribution < 1.29 is 23.9 Å². The van der Waals surface area contributed by atoms with Gasteiger partial charge < -0.3 is 19.7 Å². The van der Waals surface area contributed by atoms with Gasteiger partial charge in [-0.2, -0.15) is 0 Å². The molecule has 1 aliphatic rings. The first kappa shape index (κ1) is 36.3. The number of carbonyl (C=O) groups excluding carboxylic acids is 3. The van der Waals surface area contributed by atoms with Gasteiger partial charge in [0.25, 0.3) is 0 Å². The fourth-order valence-electron chi connectivity index (χ4n) is 4.48. The Morgan fingerprint density at radius 2 is 1.46 bits per heavy atom. The minimum Gasteiger partial charge on any atom is -0.377 e. The van der Waals surface area contributed by atoms with Gasteiger partial charge in [-0.25, -0.2) is 0 Å². The molecule has 228 valence electrons. The highest BCUT2D eigenvalue weighted by Crippen LogP contribution is 2.26. The lowest BCUT2D eigenvalue weighted by Gasteiger charge is -2.25. The first-order valence-electron chi connectivity index (χ1n) is 15.2. The molecule has 0 bridgehead atoms. The van der Waals surface area contributed by atoms with Crippen LogP contribution in [0.15, 0.2) is 0 Å². The van der Waals surface area contributed by atoms with Crippen molar-refractivity contribution in [1.82, 2.24) is 10.2 Å². The highest BCUT2D eigenvalue weighted by atomic mass is 33.1. The van der Waals surface area contributed by atoms with Gasteiger partial charge in [-0.05, 0) is 72.6 Å². The van der Waals surface area contributed by atoms with E-state index in [1.54, 1.807) is 0 Å². The quantitative estimate of drug-likeness (QED) is 0.109. The largest absolute Gasteiger partial charge is 0.377 e. The Hall–Kier alpha value is -0.770. The summed E-state index contributed by atoms with van der Waals surface area (Å²) in [6.45, 7) is 14.0. The third-order valence-electron chi connectivity index (χ3n) is 6.68. The van der Waals surface area contributed by atoms with Crippen LogP contribution in [0.1, 0.15) is 112 Å². The van der Waals surface area contributed by atoms with Crippen LogP contribution in [0, 0.1) is 5.92 Å². The van der Waals surface area contributed by atoms with Crippen molar-refractivity contribution in [3.63, 3.8) is 0 Å². The van der Waals surface area contributed by atoms with E-state index in [0.29, 0.717) is 32.4 Å². The van der Waals surface area contributed by atoms with Gasteiger partial charge in [-0.1, -0.05) is 41.9 Å². The number of Topliss-reactive ketones (excluding diaryl/α,β-unsaturated/α-hetero) is 1. The van der Waals surface area contributed by atoms with Crippen LogP contribution in [-0.2, 0) is 23.9 Å². The number of likely N-dealkylation sites (tertiary alicyclic amines) is 1. The molecule has 0 aromatic carbocycles. The summed E-state index contributed by atoms with van der Waals surface area (Å²) in [7, 11) is 3.81. The SMILES string of the molecule is CC(C)OC[C@@H]1C[C@@H](OC(C)C)CN1C(=O)CCCCCSSCCCCNC(=O)CCCCC(=O)C(C)C. The zero-order chi connectivity index (χ0) is 29.0. The molecule has 1 N–H and O–H groups in total. The van der Waals surface area contributed by atoms with Crippen molar-refractivity contribution in [3.05, 3.63) is 0 Å². The number of ether oxygens (including phenoxy) is 2. The Bertz CT molecular complexity index is 690. The second-order valence-electron chi connectivity index (χ2n) is 11.5. The summed E-state index contributed by atoms with van der Waals surface area (Å²) >= 11 is 0. The Kier molecular flexibility index (Phi) is 20.4. The molecule has 0 aromatic heterocycles. The van der Waals surface area contributed by atoms with Gasteiger partial charge in [0.05, 0.1) is 31.0 Å². The first-order chi connectivity index (χ1) is 18.6. The van der Waals surface area contributed by atoms with Crippen molar-refractivity contribution >= 4 is 39.2 Å². The normalized spacial score (nSPS) is 17.5. The van der Waals surface area contributed by atoms with Crippen LogP contribution >= 0.6 is 21.6 Å². The van der Waals surface area contributed by atoms with E-state index < -0.39 is 0 Å². The highest BCUT2D eigenvalue weighted by molar-refractivity contribution is 8.76. The molecule has 0 radical (unpaired) electrons. The summed E-state index contributed by atoms with van der Waals surface area (Å²) in [4.78, 5) is 38.4. The van der Waals surface area contributed by atoms with Crippen LogP contribution in [0.3, 0.4) is 0 Å². The highest BCUT2D eigenvalue weighted by Gasteiger charge is 2.36. The van der Waals surface area contributed by atoms with Gasteiger partial charge in [-0.15, -0.1) is 0 Å². The van der Waals surface area contributed by atoms with Crippen molar-refractivity contribution in [2.24, 2.45) is 5.92 Å². The van der Waals surface area contributed by atoms with Crippen molar-refractivity contribution in [3.8, 4) is 0 Å². The van der Waals surface area contributed by atoms with Crippen molar-refractivity contribution in [1.29, 1.82) is 0 Å². The van der Waals surface area contributed by atoms with Crippen LogP contribution in [0.4, 0.5) is 0 Å². The number of ketones is 1. The maximum atomic E-state index is 12.9. The molecule has 2 atom stereocenters. The second kappa shape index (κ2) is 21.9. The number of rotatable bonds is 23. The number of unbranched alkanes of at least 4 members (excludes halogenated alkanes) is 4. The molecule has 0 aliphatic carbocycles. The van der Waals surface area contributed by atoms with Crippen LogP contribution in [0.5, 0.6) is 0 Å². The maximum absolute atomic E-state index is 12.9. The lowest BCUT2D eigenvalue weighted by molar-refractivity contribution is -0.134. The van der Waals surface area contributed by atoms with E-state index in [4.69, 9.17) is 9.47 Å². The molecule has 7 nitrogen and oxygen atoms in total. The fourth-order valence-corrected chi connectivity index (χ4v) is 6.77. The molecule has 39 heavy (non-hydrogen) atoms. The van der Waals surface area contributed by atoms with E-state index >= 15 is 0 Å². The molecule has 0 unspecified atom stereocenters. The lowest BCUT2D eigenvalue weighted by Crippen LogP contribution is -2.39. The number of hydrogen-bond acceptors (Lipinski definition) is 7. The first-order valence-corrected chi connectivity index (χ1v) is 17.7. The summed E-state index contributed by atoms with van der Waals surface area (Å²) in [5.41, 5.74) is 0. The molecule has 1 heterocycles. The summed E-state index contributed by atoms with van der Waals surface area (Å²) in [5.74, 6) is 2.90. The predicted octanol–water partition coefficient (Wildman–Crippen LogP) is 6.43. The summed E-state index contributed by atoms with van der Waals surface area (Å²) < 4.78 is 11.8. The van der Waals surface area contributed by atoms with E-state index in [1.165, 1.54) is 0 Å². The molecule has 0 saturated carbocycles. The molecule has 1 aliphatic heterocycles. The van der Waals surface area contributed by atoms with Crippen LogP contribution in [-0.4, -0.2) is 78.1 Å². The Balaban J connectivity index is 2.01. The number of amides is 2. The molecule has 1 fully saturated rings. The molecule has 2 amide bonds. The Morgan fingerprint density at radius 1 is 0.821 bits per heavy atom. The zero-order valence-electron chi connectivity index (χ0n) is 25.5. The average Bonchev–Trinajstić information content (AvgIpc) is 3.27. The predicted molar refractivity (Wildman–Crippen MR) is 165 cm³/mol. The smallest absolute Gasteiger partial charge is 0.222 e. The summed E-state index contributed by atoms with van der Waals surface area (Å²) in [6.07, 6.45) is 9.81. The topological polar surface area (TPSA) is 84.9 Å².